The Balaban J connectivity index is 1.41. The molecule has 1 aliphatic carbocycles. The van der Waals surface area contributed by atoms with Crippen LogP contribution in [0, 0.1) is 5.92 Å². The fourth-order valence-electron chi connectivity index (χ4n) is 4.76. The Hall–Kier alpha value is -1.30. The van der Waals surface area contributed by atoms with Crippen molar-refractivity contribution in [2.24, 2.45) is 5.92 Å². The number of rotatable bonds is 4. The number of hydrogen-bond donors (Lipinski definition) is 1. The van der Waals surface area contributed by atoms with Gasteiger partial charge >= 0.3 is 6.09 Å². The summed E-state index contributed by atoms with van der Waals surface area (Å²) in [6, 6.07) is 0.963. The number of hydrogen-bond acceptors (Lipinski definition) is 4. The van der Waals surface area contributed by atoms with Gasteiger partial charge in [-0.05, 0) is 65.0 Å². The molecule has 0 aromatic heterocycles. The molecule has 3 aliphatic rings. The second-order valence-electron chi connectivity index (χ2n) is 8.07. The number of amides is 2. The van der Waals surface area contributed by atoms with Gasteiger partial charge in [0.15, 0.2) is 0 Å². The van der Waals surface area contributed by atoms with Crippen molar-refractivity contribution >= 4 is 12.0 Å². The monoisotopic (exact) mass is 365 g/mol. The molecule has 1 N–H and O–H groups in total. The zero-order valence-corrected chi connectivity index (χ0v) is 16.3. The summed E-state index contributed by atoms with van der Waals surface area (Å²) in [6.07, 6.45) is 9.77. The average molecular weight is 366 g/mol. The van der Waals surface area contributed by atoms with Gasteiger partial charge in [-0.25, -0.2) is 4.79 Å². The average Bonchev–Trinajstić information content (AvgIpc) is 3.03. The molecule has 26 heavy (non-hydrogen) atoms. The SMILES string of the molecule is CCOC(=O)N1CCCC(N2CCC(C(=O)NC3CCCC3)CC2)CC1. The van der Waals surface area contributed by atoms with E-state index >= 15 is 0 Å². The molecule has 1 atom stereocenters. The Morgan fingerprint density at radius 1 is 0.923 bits per heavy atom. The molecule has 2 saturated heterocycles. The van der Waals surface area contributed by atoms with Crippen molar-refractivity contribution in [2.75, 3.05) is 32.8 Å². The predicted octanol–water partition coefficient (Wildman–Crippen LogP) is 2.77. The van der Waals surface area contributed by atoms with Gasteiger partial charge in [-0.3, -0.25) is 4.79 Å². The Labute approximate surface area is 157 Å². The molecule has 6 heteroatoms. The van der Waals surface area contributed by atoms with Crippen LogP contribution < -0.4 is 5.32 Å². The first-order valence-corrected chi connectivity index (χ1v) is 10.6. The van der Waals surface area contributed by atoms with Gasteiger partial charge in [0.2, 0.25) is 5.91 Å². The molecule has 0 radical (unpaired) electrons. The first kappa shape index (κ1) is 19.5. The minimum absolute atomic E-state index is 0.171. The van der Waals surface area contributed by atoms with E-state index < -0.39 is 0 Å². The number of piperidine rings is 1. The van der Waals surface area contributed by atoms with E-state index in [0.717, 1.165) is 71.1 Å². The second kappa shape index (κ2) is 9.58. The van der Waals surface area contributed by atoms with Crippen LogP contribution in [-0.4, -0.2) is 66.7 Å². The van der Waals surface area contributed by atoms with Crippen molar-refractivity contribution in [1.82, 2.24) is 15.1 Å². The van der Waals surface area contributed by atoms with Gasteiger partial charge in [0.25, 0.3) is 0 Å². The summed E-state index contributed by atoms with van der Waals surface area (Å²) in [5.74, 6) is 0.472. The van der Waals surface area contributed by atoms with Gasteiger partial charge in [0.1, 0.15) is 0 Å². The number of ether oxygens (including phenoxy) is 1. The van der Waals surface area contributed by atoms with Crippen molar-refractivity contribution in [3.05, 3.63) is 0 Å². The highest BCUT2D eigenvalue weighted by atomic mass is 16.6. The first-order chi connectivity index (χ1) is 12.7. The standard InChI is InChI=1S/C20H35N3O3/c1-2-26-20(25)23-12-5-8-18(11-15-23)22-13-9-16(10-14-22)19(24)21-17-6-3-4-7-17/h16-18H,2-15H2,1H3,(H,21,24). The molecule has 2 amide bonds. The molecule has 148 valence electrons. The molecule has 2 heterocycles. The van der Waals surface area contributed by atoms with Crippen molar-refractivity contribution in [3.8, 4) is 0 Å². The van der Waals surface area contributed by atoms with Crippen LogP contribution in [0.25, 0.3) is 0 Å². The molecule has 0 bridgehead atoms. The third kappa shape index (κ3) is 5.12. The number of nitrogens with one attached hydrogen (secondary N) is 1. The highest BCUT2D eigenvalue weighted by molar-refractivity contribution is 5.79. The Morgan fingerprint density at radius 2 is 1.65 bits per heavy atom. The zero-order valence-electron chi connectivity index (χ0n) is 16.3. The molecular weight excluding hydrogens is 330 g/mol. The Kier molecular flexibility index (Phi) is 7.17. The Bertz CT molecular complexity index is 471. The minimum Gasteiger partial charge on any atom is -0.450 e. The maximum Gasteiger partial charge on any atom is 0.409 e. The third-order valence-corrected chi connectivity index (χ3v) is 6.34. The van der Waals surface area contributed by atoms with E-state index in [2.05, 4.69) is 10.2 Å². The normalized spacial score (nSPS) is 26.5. The van der Waals surface area contributed by atoms with Crippen LogP contribution in [0.2, 0.25) is 0 Å². The number of carbonyl (C=O) groups is 2. The maximum atomic E-state index is 12.5. The number of carbonyl (C=O) groups excluding carboxylic acids is 2. The van der Waals surface area contributed by atoms with E-state index in [-0.39, 0.29) is 17.9 Å². The fraction of sp³-hybridized carbons (Fsp3) is 0.900. The van der Waals surface area contributed by atoms with Crippen LogP contribution in [0.15, 0.2) is 0 Å². The first-order valence-electron chi connectivity index (χ1n) is 10.6. The second-order valence-corrected chi connectivity index (χ2v) is 8.07. The summed E-state index contributed by atoms with van der Waals surface area (Å²) >= 11 is 0. The molecule has 0 aromatic carbocycles. The number of likely N-dealkylation sites (tertiary alicyclic amines) is 2. The highest BCUT2D eigenvalue weighted by Crippen LogP contribution is 2.25. The van der Waals surface area contributed by atoms with E-state index in [9.17, 15) is 9.59 Å². The maximum absolute atomic E-state index is 12.5. The van der Waals surface area contributed by atoms with Crippen LogP contribution in [0.1, 0.15) is 64.7 Å². The van der Waals surface area contributed by atoms with Crippen LogP contribution in [0.5, 0.6) is 0 Å². The van der Waals surface area contributed by atoms with Crippen LogP contribution in [0.4, 0.5) is 4.79 Å². The predicted molar refractivity (Wildman–Crippen MR) is 101 cm³/mol. The molecule has 6 nitrogen and oxygen atoms in total. The van der Waals surface area contributed by atoms with Crippen molar-refractivity contribution in [2.45, 2.75) is 76.8 Å². The van der Waals surface area contributed by atoms with E-state index in [0.29, 0.717) is 18.7 Å². The summed E-state index contributed by atoms with van der Waals surface area (Å²) in [4.78, 5) is 28.8. The summed E-state index contributed by atoms with van der Waals surface area (Å²) in [5.41, 5.74) is 0. The fourth-order valence-corrected chi connectivity index (χ4v) is 4.76. The lowest BCUT2D eigenvalue weighted by Crippen LogP contribution is -2.46. The molecule has 1 saturated carbocycles. The highest BCUT2D eigenvalue weighted by Gasteiger charge is 2.31. The lowest BCUT2D eigenvalue weighted by atomic mass is 9.93. The van der Waals surface area contributed by atoms with Gasteiger partial charge in [-0.15, -0.1) is 0 Å². The molecule has 1 unspecified atom stereocenters. The van der Waals surface area contributed by atoms with Crippen molar-refractivity contribution in [1.29, 1.82) is 0 Å². The smallest absolute Gasteiger partial charge is 0.409 e. The van der Waals surface area contributed by atoms with Gasteiger partial charge in [-0.1, -0.05) is 12.8 Å². The van der Waals surface area contributed by atoms with Crippen LogP contribution in [-0.2, 0) is 9.53 Å². The molecule has 3 fully saturated rings. The largest absolute Gasteiger partial charge is 0.450 e. The molecular formula is C20H35N3O3. The van der Waals surface area contributed by atoms with Crippen LogP contribution in [0.3, 0.4) is 0 Å². The minimum atomic E-state index is -0.171. The zero-order chi connectivity index (χ0) is 18.4. The lowest BCUT2D eigenvalue weighted by molar-refractivity contribution is -0.127. The Morgan fingerprint density at radius 3 is 2.35 bits per heavy atom. The quantitative estimate of drug-likeness (QED) is 0.832. The summed E-state index contributed by atoms with van der Waals surface area (Å²) in [5, 5.41) is 3.27. The van der Waals surface area contributed by atoms with E-state index in [1.807, 2.05) is 11.8 Å². The van der Waals surface area contributed by atoms with Gasteiger partial charge in [0.05, 0.1) is 6.61 Å². The van der Waals surface area contributed by atoms with E-state index in [4.69, 9.17) is 4.74 Å². The van der Waals surface area contributed by atoms with Gasteiger partial charge in [0, 0.05) is 31.1 Å². The molecule has 0 spiro atoms. The van der Waals surface area contributed by atoms with Gasteiger partial charge in [-0.2, -0.15) is 0 Å². The molecule has 0 aromatic rings. The summed E-state index contributed by atoms with van der Waals surface area (Å²) < 4.78 is 5.14. The topological polar surface area (TPSA) is 61.9 Å². The summed E-state index contributed by atoms with van der Waals surface area (Å²) in [7, 11) is 0. The van der Waals surface area contributed by atoms with Crippen molar-refractivity contribution in [3.63, 3.8) is 0 Å². The van der Waals surface area contributed by atoms with Gasteiger partial charge < -0.3 is 19.9 Å². The molecule has 2 aliphatic heterocycles. The molecule has 3 rings (SSSR count). The number of nitrogens with zero attached hydrogens (tertiary/aromatic N) is 2. The van der Waals surface area contributed by atoms with Crippen LogP contribution >= 0.6 is 0 Å². The third-order valence-electron chi connectivity index (χ3n) is 6.34. The van der Waals surface area contributed by atoms with E-state index in [1.165, 1.54) is 12.8 Å². The van der Waals surface area contributed by atoms with E-state index in [1.54, 1.807) is 0 Å². The summed E-state index contributed by atoms with van der Waals surface area (Å²) in [6.45, 7) is 5.89. The lowest BCUT2D eigenvalue weighted by Gasteiger charge is -2.37. The van der Waals surface area contributed by atoms with Crippen molar-refractivity contribution < 1.29 is 14.3 Å².